The molecule has 228 valence electrons. The van der Waals surface area contributed by atoms with Crippen molar-refractivity contribution < 1.29 is 49.7 Å². The maximum atomic E-state index is 13.3. The highest BCUT2D eigenvalue weighted by molar-refractivity contribution is 7.76. The summed E-state index contributed by atoms with van der Waals surface area (Å²) >= 11 is -2.50. The van der Waals surface area contributed by atoms with E-state index in [1.54, 1.807) is 51.1 Å². The maximum Gasteiger partial charge on any atom is 0.430 e. The molecule has 1 aliphatic rings. The maximum absolute atomic E-state index is 13.3. The lowest BCUT2D eigenvalue weighted by Crippen LogP contribution is -2.59. The minimum atomic E-state index is -6.11. The number of nitrogens with zero attached hydrogens (tertiary/aromatic N) is 5. The third-order valence-corrected chi connectivity index (χ3v) is 6.82. The van der Waals surface area contributed by atoms with Gasteiger partial charge in [0.25, 0.3) is 5.60 Å². The topological polar surface area (TPSA) is 119 Å². The van der Waals surface area contributed by atoms with Gasteiger partial charge in [-0.3, -0.25) is 4.55 Å². The number of aromatic nitrogens is 2. The summed E-state index contributed by atoms with van der Waals surface area (Å²) in [6.45, 7) is 4.68. The third kappa shape index (κ3) is 7.64. The molecule has 1 aromatic carbocycles. The van der Waals surface area contributed by atoms with Crippen LogP contribution in [0.3, 0.4) is 0 Å². The van der Waals surface area contributed by atoms with Crippen LogP contribution in [0.2, 0.25) is 0 Å². The summed E-state index contributed by atoms with van der Waals surface area (Å²) in [5, 5.41) is 9.65. The number of halogens is 6. The number of amides is 1. The fraction of sp³-hybridized carbons (Fsp3) is 0.542. The Balaban J connectivity index is 1.94. The van der Waals surface area contributed by atoms with E-state index in [2.05, 4.69) is 9.97 Å². The van der Waals surface area contributed by atoms with E-state index in [9.17, 15) is 45.0 Å². The molecule has 17 heteroatoms. The van der Waals surface area contributed by atoms with Gasteiger partial charge in [-0.15, -0.1) is 0 Å². The van der Waals surface area contributed by atoms with Crippen molar-refractivity contribution in [2.75, 3.05) is 31.1 Å². The van der Waals surface area contributed by atoms with E-state index in [1.807, 2.05) is 0 Å². The van der Waals surface area contributed by atoms with Crippen LogP contribution in [-0.4, -0.2) is 89.3 Å². The second-order valence-electron chi connectivity index (χ2n) is 10.3. The molecular weight excluding hydrogens is 584 g/mol. The average molecular weight is 614 g/mol. The van der Waals surface area contributed by atoms with Crippen molar-refractivity contribution in [1.29, 1.82) is 0 Å². The largest absolute Gasteiger partial charge is 0.444 e. The summed E-state index contributed by atoms with van der Waals surface area (Å²) in [5.74, 6) is -0.308. The molecule has 0 radical (unpaired) electrons. The number of ether oxygens (including phenoxy) is 1. The molecule has 0 aliphatic carbocycles. The molecule has 2 heterocycles. The molecule has 1 fully saturated rings. The van der Waals surface area contributed by atoms with Crippen molar-refractivity contribution in [3.8, 4) is 0 Å². The summed E-state index contributed by atoms with van der Waals surface area (Å²) in [6.07, 6.45) is -12.4. The Hall–Kier alpha value is -3.02. The molecule has 2 aromatic rings. The summed E-state index contributed by atoms with van der Waals surface area (Å²) in [4.78, 5) is 22.8. The average Bonchev–Trinajstić information content (AvgIpc) is 2.86. The Labute approximate surface area is 234 Å². The fourth-order valence-corrected chi connectivity index (χ4v) is 4.68. The molecule has 10 nitrogen and oxygen atoms in total. The second-order valence-corrected chi connectivity index (χ2v) is 11.3. The second kappa shape index (κ2) is 12.1. The highest BCUT2D eigenvalue weighted by atomic mass is 32.2. The molecule has 1 aliphatic heterocycles. The van der Waals surface area contributed by atoms with Crippen molar-refractivity contribution in [3.05, 3.63) is 53.9 Å². The number of rotatable bonds is 7. The normalized spacial score (nSPS) is 18.0. The van der Waals surface area contributed by atoms with Crippen LogP contribution in [0.5, 0.6) is 0 Å². The minimum absolute atomic E-state index is 0.00468. The van der Waals surface area contributed by atoms with Gasteiger partial charge in [0.15, 0.2) is 0 Å². The SMILES string of the molecule is CC(C)(C)OC(=O)N1CCN(c2ncc(C(O)(C(F)(F)F)C(F)(F)F)cn2)C(CN(Cc2ccccc2)S(=O)O)C1. The van der Waals surface area contributed by atoms with Gasteiger partial charge in [-0.05, 0) is 26.3 Å². The summed E-state index contributed by atoms with van der Waals surface area (Å²) in [7, 11) is 0. The number of anilines is 1. The van der Waals surface area contributed by atoms with E-state index in [0.29, 0.717) is 5.56 Å². The van der Waals surface area contributed by atoms with E-state index in [4.69, 9.17) is 4.74 Å². The minimum Gasteiger partial charge on any atom is -0.444 e. The summed E-state index contributed by atoms with van der Waals surface area (Å²) in [6, 6.07) is 7.80. The van der Waals surface area contributed by atoms with Crippen molar-refractivity contribution in [2.45, 2.75) is 56.9 Å². The molecular formula is C24H29F6N5O5S. The van der Waals surface area contributed by atoms with Gasteiger partial charge in [0.2, 0.25) is 17.2 Å². The highest BCUT2D eigenvalue weighted by Crippen LogP contribution is 2.49. The quantitative estimate of drug-likeness (QED) is 0.357. The number of hydrogen-bond acceptors (Lipinski definition) is 7. The van der Waals surface area contributed by atoms with E-state index >= 15 is 0 Å². The first-order valence-corrected chi connectivity index (χ1v) is 13.2. The van der Waals surface area contributed by atoms with Crippen LogP contribution in [0.1, 0.15) is 31.9 Å². The predicted octanol–water partition coefficient (Wildman–Crippen LogP) is 3.85. The van der Waals surface area contributed by atoms with Crippen molar-refractivity contribution >= 4 is 23.3 Å². The number of aliphatic hydroxyl groups is 1. The number of alkyl halides is 6. The standard InChI is InChI=1S/C24H29F6N5O5S/c1-21(2,3)40-20(36)33-9-10-35(18(14-33)15-34(41(38)39)13-16-7-5-4-6-8-16)19-31-11-17(12-32-19)22(37,23(25,26)27)24(28,29)30/h4-8,11-12,18,37H,9-10,13-15H2,1-3H3,(H,38,39). The van der Waals surface area contributed by atoms with E-state index in [0.717, 1.165) is 4.31 Å². The first-order chi connectivity index (χ1) is 18.8. The Morgan fingerprint density at radius 1 is 1.05 bits per heavy atom. The molecule has 2 unspecified atom stereocenters. The zero-order chi connectivity index (χ0) is 30.8. The zero-order valence-electron chi connectivity index (χ0n) is 22.2. The number of hydrogen-bond donors (Lipinski definition) is 2. The van der Waals surface area contributed by atoms with E-state index < -0.39 is 52.5 Å². The van der Waals surface area contributed by atoms with Crippen LogP contribution in [0.4, 0.5) is 37.1 Å². The summed E-state index contributed by atoms with van der Waals surface area (Å²) in [5.41, 5.74) is -6.98. The molecule has 2 N–H and O–H groups in total. The first kappa shape index (κ1) is 32.5. The number of carbonyl (C=O) groups is 1. The molecule has 1 aromatic heterocycles. The lowest BCUT2D eigenvalue weighted by Gasteiger charge is -2.42. The Morgan fingerprint density at radius 2 is 1.61 bits per heavy atom. The third-order valence-electron chi connectivity index (χ3n) is 6.10. The molecule has 0 bridgehead atoms. The lowest BCUT2D eigenvalue weighted by atomic mass is 9.95. The fourth-order valence-electron chi connectivity index (χ4n) is 4.12. The van der Waals surface area contributed by atoms with Crippen LogP contribution in [0.25, 0.3) is 0 Å². The van der Waals surface area contributed by atoms with Crippen LogP contribution in [-0.2, 0) is 28.1 Å². The van der Waals surface area contributed by atoms with Crippen LogP contribution >= 0.6 is 0 Å². The first-order valence-electron chi connectivity index (χ1n) is 12.2. The monoisotopic (exact) mass is 613 g/mol. The zero-order valence-corrected chi connectivity index (χ0v) is 23.0. The predicted molar refractivity (Wildman–Crippen MR) is 135 cm³/mol. The molecule has 41 heavy (non-hydrogen) atoms. The number of benzene rings is 1. The van der Waals surface area contributed by atoms with E-state index in [-0.39, 0.29) is 51.1 Å². The molecule has 3 rings (SSSR count). The number of piperazine rings is 1. The van der Waals surface area contributed by atoms with Crippen LogP contribution < -0.4 is 4.90 Å². The highest BCUT2D eigenvalue weighted by Gasteiger charge is 2.71. The molecule has 2 atom stereocenters. The van der Waals surface area contributed by atoms with Crippen molar-refractivity contribution in [3.63, 3.8) is 0 Å². The molecule has 0 spiro atoms. The smallest absolute Gasteiger partial charge is 0.430 e. The van der Waals surface area contributed by atoms with Gasteiger partial charge >= 0.3 is 18.4 Å². The molecule has 1 saturated heterocycles. The van der Waals surface area contributed by atoms with Gasteiger partial charge in [-0.1, -0.05) is 30.3 Å². The van der Waals surface area contributed by atoms with Gasteiger partial charge in [0, 0.05) is 50.7 Å². The van der Waals surface area contributed by atoms with Crippen LogP contribution in [0.15, 0.2) is 42.7 Å². The van der Waals surface area contributed by atoms with Crippen molar-refractivity contribution in [2.24, 2.45) is 0 Å². The van der Waals surface area contributed by atoms with Gasteiger partial charge in [-0.25, -0.2) is 19.0 Å². The van der Waals surface area contributed by atoms with Gasteiger partial charge < -0.3 is 19.6 Å². The van der Waals surface area contributed by atoms with Crippen molar-refractivity contribution in [1.82, 2.24) is 19.2 Å². The number of carbonyl (C=O) groups excluding carboxylic acids is 1. The van der Waals surface area contributed by atoms with Crippen LogP contribution in [0, 0.1) is 0 Å². The van der Waals surface area contributed by atoms with Gasteiger partial charge in [-0.2, -0.15) is 30.6 Å². The molecule has 1 amide bonds. The van der Waals surface area contributed by atoms with Gasteiger partial charge in [0.05, 0.1) is 6.04 Å². The Kier molecular flexibility index (Phi) is 9.57. The Morgan fingerprint density at radius 3 is 2.10 bits per heavy atom. The van der Waals surface area contributed by atoms with E-state index in [1.165, 1.54) is 9.80 Å². The van der Waals surface area contributed by atoms with Gasteiger partial charge in [0.1, 0.15) is 5.60 Å². The molecule has 0 saturated carbocycles. The lowest BCUT2D eigenvalue weighted by molar-refractivity contribution is -0.376. The Bertz CT molecular complexity index is 1200. The summed E-state index contributed by atoms with van der Waals surface area (Å²) < 4.78 is 109.